The van der Waals surface area contributed by atoms with Crippen LogP contribution in [-0.2, 0) is 10.1 Å². The highest BCUT2D eigenvalue weighted by Crippen LogP contribution is 2.21. The zero-order valence-electron chi connectivity index (χ0n) is 51.0. The summed E-state index contributed by atoms with van der Waals surface area (Å²) >= 11 is 0. The Kier molecular flexibility index (Phi) is 60.6. The minimum absolute atomic E-state index is 0.291. The molecule has 0 aliphatic heterocycles. The SMILES string of the molecule is CCCCCCCCCCCCCCCCCCCC/C=C/[N+](/C=C/CCCCCCCCCCCCCCCCCCCC)(/C=C/CCCCCCCCCCCCCCCCCCCC)CCCS(=O)(=O)[O-]. The van der Waals surface area contributed by atoms with Crippen LogP contribution in [0.15, 0.2) is 36.8 Å². The highest BCUT2D eigenvalue weighted by atomic mass is 32.2. The highest BCUT2D eigenvalue weighted by Gasteiger charge is 2.19. The van der Waals surface area contributed by atoms with Crippen LogP contribution in [0.3, 0.4) is 0 Å². The lowest BCUT2D eigenvalue weighted by atomic mass is 10.0. The predicted molar refractivity (Wildman–Crippen MR) is 332 cm³/mol. The van der Waals surface area contributed by atoms with Crippen molar-refractivity contribution in [2.45, 2.75) is 393 Å². The van der Waals surface area contributed by atoms with Gasteiger partial charge in [0.1, 0.15) is 18.6 Å². The van der Waals surface area contributed by atoms with Gasteiger partial charge >= 0.3 is 0 Å². The van der Waals surface area contributed by atoms with Crippen molar-refractivity contribution in [3.05, 3.63) is 36.8 Å². The number of hydrogen-bond acceptors (Lipinski definition) is 3. The van der Waals surface area contributed by atoms with E-state index in [0.717, 1.165) is 19.3 Å². The van der Waals surface area contributed by atoms with E-state index in [1.165, 1.54) is 347 Å². The Bertz CT molecular complexity index is 1140. The van der Waals surface area contributed by atoms with Gasteiger partial charge in [0.15, 0.2) is 0 Å². The molecule has 0 saturated heterocycles. The molecule has 440 valence electrons. The molecule has 0 saturated carbocycles. The lowest BCUT2D eigenvalue weighted by Crippen LogP contribution is -2.33. The summed E-state index contributed by atoms with van der Waals surface area (Å²) in [6.07, 6.45) is 92.7. The molecule has 4 nitrogen and oxygen atoms in total. The number of unbranched alkanes of at least 4 members (excludes halogenated alkanes) is 54. The maximum atomic E-state index is 11.7. The van der Waals surface area contributed by atoms with E-state index in [0.29, 0.717) is 17.4 Å². The monoisotopic (exact) mass is 1060 g/mol. The van der Waals surface area contributed by atoms with E-state index in [9.17, 15) is 13.0 Å². The van der Waals surface area contributed by atoms with Crippen LogP contribution in [0, 0.1) is 0 Å². The Balaban J connectivity index is 4.80. The van der Waals surface area contributed by atoms with Crippen LogP contribution in [0.2, 0.25) is 0 Å². The first-order chi connectivity index (χ1) is 36.4. The molecule has 0 fully saturated rings. The fraction of sp³-hybridized carbons (Fsp3) is 0.913. The van der Waals surface area contributed by atoms with E-state index in [1.54, 1.807) is 0 Å². The third kappa shape index (κ3) is 60.3. The summed E-state index contributed by atoms with van der Waals surface area (Å²) in [7, 11) is -4.24. The number of rotatable bonds is 64. The molecule has 0 aliphatic rings. The van der Waals surface area contributed by atoms with Gasteiger partial charge in [-0.15, -0.1) is 0 Å². The van der Waals surface area contributed by atoms with Gasteiger partial charge in [0.25, 0.3) is 0 Å². The maximum Gasteiger partial charge on any atom is 0.101 e. The number of quaternary nitrogens is 1. The van der Waals surface area contributed by atoms with Crippen LogP contribution in [0.25, 0.3) is 0 Å². The molecule has 0 unspecified atom stereocenters. The van der Waals surface area contributed by atoms with Crippen molar-refractivity contribution in [3.8, 4) is 0 Å². The fourth-order valence-corrected chi connectivity index (χ4v) is 11.7. The molecule has 0 N–H and O–H groups in total. The van der Waals surface area contributed by atoms with Gasteiger partial charge in [0.2, 0.25) is 0 Å². The van der Waals surface area contributed by atoms with Gasteiger partial charge in [-0.25, -0.2) is 12.9 Å². The average molecular weight is 1060 g/mol. The quantitative estimate of drug-likeness (QED) is 0.0346. The van der Waals surface area contributed by atoms with Gasteiger partial charge in [-0.05, 0) is 56.8 Å². The van der Waals surface area contributed by atoms with Crippen molar-refractivity contribution in [3.63, 3.8) is 0 Å². The molecular weight excluding hydrogens is 923 g/mol. The highest BCUT2D eigenvalue weighted by molar-refractivity contribution is 7.85. The Labute approximate surface area is 467 Å². The Morgan fingerprint density at radius 2 is 0.419 bits per heavy atom. The molecule has 0 aromatic heterocycles. The first-order valence-electron chi connectivity index (χ1n) is 34.2. The van der Waals surface area contributed by atoms with E-state index in [4.69, 9.17) is 0 Å². The zero-order chi connectivity index (χ0) is 53.7. The largest absolute Gasteiger partial charge is 0.748 e. The molecule has 0 rings (SSSR count). The summed E-state index contributed by atoms with van der Waals surface area (Å²) in [5.74, 6) is -0.291. The van der Waals surface area contributed by atoms with Gasteiger partial charge in [-0.1, -0.05) is 348 Å². The van der Waals surface area contributed by atoms with Gasteiger partial charge in [0.05, 0.1) is 16.7 Å². The Hall–Kier alpha value is -0.910. The Morgan fingerprint density at radius 3 is 0.581 bits per heavy atom. The second kappa shape index (κ2) is 61.3. The summed E-state index contributed by atoms with van der Waals surface area (Å²) in [6.45, 7) is 7.52. The van der Waals surface area contributed by atoms with Crippen LogP contribution in [0.1, 0.15) is 393 Å². The Morgan fingerprint density at radius 1 is 0.257 bits per heavy atom. The molecule has 0 aromatic rings. The maximum absolute atomic E-state index is 11.7. The number of hydrogen-bond donors (Lipinski definition) is 0. The van der Waals surface area contributed by atoms with E-state index < -0.39 is 10.1 Å². The van der Waals surface area contributed by atoms with Crippen molar-refractivity contribution in [1.29, 1.82) is 0 Å². The van der Waals surface area contributed by atoms with Crippen molar-refractivity contribution in [1.82, 2.24) is 0 Å². The molecule has 0 heterocycles. The van der Waals surface area contributed by atoms with Gasteiger partial charge in [0, 0.05) is 12.2 Å². The van der Waals surface area contributed by atoms with Crippen LogP contribution < -0.4 is 0 Å². The molecule has 0 spiro atoms. The summed E-state index contributed by atoms with van der Waals surface area (Å²) in [5, 5.41) is 0. The van der Waals surface area contributed by atoms with E-state index in [2.05, 4.69) is 57.6 Å². The molecular formula is C69H135NO3S. The van der Waals surface area contributed by atoms with Crippen molar-refractivity contribution in [2.75, 3.05) is 12.3 Å². The number of allylic oxidation sites excluding steroid dienone is 3. The van der Waals surface area contributed by atoms with Gasteiger partial charge < -0.3 is 4.55 Å². The minimum atomic E-state index is -4.24. The molecule has 74 heavy (non-hydrogen) atoms. The molecule has 0 aliphatic carbocycles. The van der Waals surface area contributed by atoms with Crippen molar-refractivity contribution in [2.24, 2.45) is 0 Å². The second-order valence-corrected chi connectivity index (χ2v) is 25.4. The third-order valence-electron chi connectivity index (χ3n) is 16.3. The van der Waals surface area contributed by atoms with Crippen molar-refractivity contribution >= 4 is 10.1 Å². The summed E-state index contributed by atoms with van der Waals surface area (Å²) in [6, 6.07) is 0. The average Bonchev–Trinajstić information content (AvgIpc) is 3.38. The minimum Gasteiger partial charge on any atom is -0.748 e. The smallest absolute Gasteiger partial charge is 0.101 e. The van der Waals surface area contributed by atoms with Crippen LogP contribution in [0.5, 0.6) is 0 Å². The molecule has 0 amide bonds. The summed E-state index contributed by atoms with van der Waals surface area (Å²) < 4.78 is 35.8. The fourth-order valence-electron chi connectivity index (χ4n) is 11.2. The summed E-state index contributed by atoms with van der Waals surface area (Å²) in [4.78, 5) is 0. The zero-order valence-corrected chi connectivity index (χ0v) is 51.8. The van der Waals surface area contributed by atoms with Crippen molar-refractivity contribution < 1.29 is 17.5 Å². The number of nitrogens with zero attached hydrogens (tertiary/aromatic N) is 1. The first kappa shape index (κ1) is 73.1. The molecule has 5 heteroatoms. The van der Waals surface area contributed by atoms with Gasteiger partial charge in [-0.3, -0.25) is 0 Å². The van der Waals surface area contributed by atoms with Crippen LogP contribution in [0.4, 0.5) is 0 Å². The lowest BCUT2D eigenvalue weighted by molar-refractivity contribution is -0.773. The lowest BCUT2D eigenvalue weighted by Gasteiger charge is -2.27. The molecule has 0 atom stereocenters. The van der Waals surface area contributed by atoms with Crippen LogP contribution in [-0.4, -0.2) is 29.8 Å². The standard InChI is InChI=1S/C69H135NO3S/c1-4-7-10-13-16-19-22-25-28-31-34-37-40-43-46-49-52-55-58-61-65-70(68-64-69-74(71,72)73,66-62-59-56-53-50-47-44-41-38-35-32-29-26-23-20-17-14-11-8-5-2)67-63-60-57-54-51-48-45-42-39-36-33-30-27-24-21-18-15-12-9-6-3/h61-63,65-67H,4-60,64,68-69H2,1-3H3/b65-61+,66-62+,67-63+. The van der Waals surface area contributed by atoms with E-state index in [-0.39, 0.29) is 5.75 Å². The van der Waals surface area contributed by atoms with Gasteiger partial charge in [-0.2, -0.15) is 0 Å². The van der Waals surface area contributed by atoms with Crippen LogP contribution >= 0.6 is 0 Å². The molecule has 0 bridgehead atoms. The normalized spacial score (nSPS) is 12.5. The third-order valence-corrected chi connectivity index (χ3v) is 17.1. The topological polar surface area (TPSA) is 57.2 Å². The second-order valence-electron chi connectivity index (χ2n) is 23.9. The molecule has 0 aromatic carbocycles. The first-order valence-corrected chi connectivity index (χ1v) is 35.8. The predicted octanol–water partition coefficient (Wildman–Crippen LogP) is 24.6. The molecule has 0 radical (unpaired) electrons. The van der Waals surface area contributed by atoms with E-state index in [1.807, 2.05) is 0 Å². The van der Waals surface area contributed by atoms with E-state index >= 15 is 0 Å². The summed E-state index contributed by atoms with van der Waals surface area (Å²) in [5.41, 5.74) is 0.